The van der Waals surface area contributed by atoms with Crippen molar-refractivity contribution in [2.75, 3.05) is 31.1 Å². The van der Waals surface area contributed by atoms with E-state index in [1.54, 1.807) is 12.1 Å². The average Bonchev–Trinajstić information content (AvgIpc) is 3.04. The first kappa shape index (κ1) is 20.0. The summed E-state index contributed by atoms with van der Waals surface area (Å²) in [4.78, 5) is 21.6. The lowest BCUT2D eigenvalue weighted by atomic mass is 10.1. The van der Waals surface area contributed by atoms with Gasteiger partial charge in [-0.2, -0.15) is 4.37 Å². The fourth-order valence-corrected chi connectivity index (χ4v) is 4.48. The van der Waals surface area contributed by atoms with Gasteiger partial charge in [-0.25, -0.2) is 9.37 Å². The van der Waals surface area contributed by atoms with E-state index < -0.39 is 0 Å². The van der Waals surface area contributed by atoms with Crippen molar-refractivity contribution in [3.63, 3.8) is 0 Å². The number of benzene rings is 2. The first-order chi connectivity index (χ1) is 14.1. The van der Waals surface area contributed by atoms with E-state index in [0.717, 1.165) is 47.0 Å². The number of rotatable bonds is 4. The second kappa shape index (κ2) is 9.00. The van der Waals surface area contributed by atoms with Crippen molar-refractivity contribution in [1.29, 1.82) is 0 Å². The van der Waals surface area contributed by atoms with Crippen LogP contribution in [0.5, 0.6) is 0 Å². The Morgan fingerprint density at radius 3 is 2.72 bits per heavy atom. The normalized spacial score (nSPS) is 14.7. The van der Waals surface area contributed by atoms with Crippen LogP contribution in [0.25, 0.3) is 0 Å². The molecule has 0 spiro atoms. The molecule has 0 atom stereocenters. The topological polar surface area (TPSA) is 49.3 Å². The summed E-state index contributed by atoms with van der Waals surface area (Å²) < 4.78 is 18.4. The van der Waals surface area contributed by atoms with Gasteiger partial charge in [-0.05, 0) is 42.3 Å². The first-order valence-electron chi connectivity index (χ1n) is 9.45. The largest absolute Gasteiger partial charge is 0.345 e. The monoisotopic (exact) mass is 474 g/mol. The fraction of sp³-hybridized carbons (Fsp3) is 0.286. The first-order valence-corrected chi connectivity index (χ1v) is 11.0. The fourth-order valence-electron chi connectivity index (χ4n) is 3.35. The number of aromatic nitrogens is 2. The van der Waals surface area contributed by atoms with Crippen LogP contribution in [0.4, 0.5) is 9.52 Å². The summed E-state index contributed by atoms with van der Waals surface area (Å²) in [7, 11) is 0. The van der Waals surface area contributed by atoms with E-state index >= 15 is 0 Å². The van der Waals surface area contributed by atoms with Crippen LogP contribution >= 0.6 is 27.5 Å². The SMILES string of the molecule is O=C(c1cccc(Br)c1)N1CCCN(c2nc(Cc3ccc(F)cc3)ns2)CC1. The summed E-state index contributed by atoms with van der Waals surface area (Å²) in [6.07, 6.45) is 1.46. The molecule has 1 amide bonds. The van der Waals surface area contributed by atoms with Crippen LogP contribution in [0.1, 0.15) is 28.2 Å². The Hall–Kier alpha value is -2.32. The Morgan fingerprint density at radius 1 is 1.10 bits per heavy atom. The zero-order chi connectivity index (χ0) is 20.2. The quantitative estimate of drug-likeness (QED) is 0.562. The number of nitrogens with zero attached hydrogens (tertiary/aromatic N) is 4. The molecule has 4 rings (SSSR count). The van der Waals surface area contributed by atoms with Gasteiger partial charge in [-0.3, -0.25) is 4.79 Å². The van der Waals surface area contributed by atoms with Crippen LogP contribution in [-0.2, 0) is 6.42 Å². The third kappa shape index (κ3) is 5.00. The molecule has 0 bridgehead atoms. The van der Waals surface area contributed by atoms with Gasteiger partial charge in [-0.1, -0.05) is 34.1 Å². The van der Waals surface area contributed by atoms with Gasteiger partial charge in [0.1, 0.15) is 11.6 Å². The van der Waals surface area contributed by atoms with E-state index in [1.807, 2.05) is 29.2 Å². The maximum Gasteiger partial charge on any atom is 0.253 e. The van der Waals surface area contributed by atoms with Crippen LogP contribution in [0.15, 0.2) is 53.0 Å². The van der Waals surface area contributed by atoms with E-state index in [4.69, 9.17) is 0 Å². The average molecular weight is 475 g/mol. The Morgan fingerprint density at radius 2 is 1.93 bits per heavy atom. The van der Waals surface area contributed by atoms with Crippen LogP contribution in [-0.4, -0.2) is 46.3 Å². The van der Waals surface area contributed by atoms with Crippen molar-refractivity contribution in [3.8, 4) is 0 Å². The molecule has 1 aromatic heterocycles. The lowest BCUT2D eigenvalue weighted by Crippen LogP contribution is -2.35. The minimum absolute atomic E-state index is 0.0578. The van der Waals surface area contributed by atoms with Crippen molar-refractivity contribution in [3.05, 3.63) is 75.8 Å². The highest BCUT2D eigenvalue weighted by Gasteiger charge is 2.22. The number of anilines is 1. The molecule has 0 unspecified atom stereocenters. The van der Waals surface area contributed by atoms with E-state index in [9.17, 15) is 9.18 Å². The number of amides is 1. The molecule has 0 aliphatic carbocycles. The van der Waals surface area contributed by atoms with Gasteiger partial charge in [0.25, 0.3) is 5.91 Å². The van der Waals surface area contributed by atoms with Crippen molar-refractivity contribution >= 4 is 38.5 Å². The lowest BCUT2D eigenvalue weighted by molar-refractivity contribution is 0.0767. The van der Waals surface area contributed by atoms with Crippen LogP contribution in [0.2, 0.25) is 0 Å². The zero-order valence-electron chi connectivity index (χ0n) is 15.7. The van der Waals surface area contributed by atoms with Crippen molar-refractivity contribution in [1.82, 2.24) is 14.3 Å². The van der Waals surface area contributed by atoms with Crippen LogP contribution in [0, 0.1) is 5.82 Å². The van der Waals surface area contributed by atoms with Crippen LogP contribution in [0.3, 0.4) is 0 Å². The van der Waals surface area contributed by atoms with Crippen LogP contribution < -0.4 is 4.90 Å². The zero-order valence-corrected chi connectivity index (χ0v) is 18.1. The third-order valence-electron chi connectivity index (χ3n) is 4.86. The molecule has 0 saturated carbocycles. The minimum Gasteiger partial charge on any atom is -0.345 e. The highest BCUT2D eigenvalue weighted by Crippen LogP contribution is 2.22. The minimum atomic E-state index is -0.243. The molecular formula is C21H20BrFN4OS. The van der Waals surface area contributed by atoms with Crippen molar-refractivity contribution < 1.29 is 9.18 Å². The summed E-state index contributed by atoms with van der Waals surface area (Å²) in [5.74, 6) is 0.553. The van der Waals surface area contributed by atoms with E-state index in [-0.39, 0.29) is 11.7 Å². The molecule has 3 aromatic rings. The molecule has 1 aliphatic rings. The van der Waals surface area contributed by atoms with E-state index in [2.05, 4.69) is 30.2 Å². The second-order valence-electron chi connectivity index (χ2n) is 6.94. The molecule has 0 radical (unpaired) electrons. The maximum atomic E-state index is 13.1. The Labute approximate surface area is 181 Å². The van der Waals surface area contributed by atoms with Crippen molar-refractivity contribution in [2.24, 2.45) is 0 Å². The standard InChI is InChI=1S/C21H20BrFN4OS/c22-17-4-1-3-16(14-17)20(28)26-9-2-10-27(12-11-26)21-24-19(25-29-21)13-15-5-7-18(23)8-6-15/h1,3-8,14H,2,9-13H2. The number of carbonyl (C=O) groups excluding carboxylic acids is 1. The molecule has 1 aliphatic heterocycles. The maximum absolute atomic E-state index is 13.1. The summed E-state index contributed by atoms with van der Waals surface area (Å²) in [5, 5.41) is 0.874. The predicted octanol–water partition coefficient (Wildman–Crippen LogP) is 4.38. The van der Waals surface area contributed by atoms with Gasteiger partial charge in [-0.15, -0.1) is 0 Å². The molecule has 0 N–H and O–H groups in total. The molecular weight excluding hydrogens is 455 g/mol. The molecule has 2 heterocycles. The van der Waals surface area contributed by atoms with Crippen molar-refractivity contribution in [2.45, 2.75) is 12.8 Å². The number of carbonyl (C=O) groups is 1. The molecule has 1 saturated heterocycles. The molecule has 29 heavy (non-hydrogen) atoms. The van der Waals surface area contributed by atoms with Gasteiger partial charge in [0, 0.05) is 54.2 Å². The Bertz CT molecular complexity index is 994. The summed E-state index contributed by atoms with van der Waals surface area (Å²) >= 11 is 4.80. The van der Waals surface area contributed by atoms with E-state index in [1.165, 1.54) is 23.7 Å². The molecule has 150 valence electrons. The Kier molecular flexibility index (Phi) is 6.20. The predicted molar refractivity (Wildman–Crippen MR) is 116 cm³/mol. The van der Waals surface area contributed by atoms with Gasteiger partial charge < -0.3 is 9.80 Å². The second-order valence-corrected chi connectivity index (χ2v) is 8.59. The lowest BCUT2D eigenvalue weighted by Gasteiger charge is -2.21. The molecule has 1 fully saturated rings. The summed E-state index contributed by atoms with van der Waals surface area (Å²) in [6, 6.07) is 13.9. The van der Waals surface area contributed by atoms with Gasteiger partial charge >= 0.3 is 0 Å². The smallest absolute Gasteiger partial charge is 0.253 e. The number of hydrogen-bond acceptors (Lipinski definition) is 5. The number of hydrogen-bond donors (Lipinski definition) is 0. The number of halogens is 2. The summed E-state index contributed by atoms with van der Waals surface area (Å²) in [5.41, 5.74) is 1.68. The summed E-state index contributed by atoms with van der Waals surface area (Å²) in [6.45, 7) is 2.94. The molecule has 5 nitrogen and oxygen atoms in total. The third-order valence-corrected chi connectivity index (χ3v) is 6.17. The van der Waals surface area contributed by atoms with E-state index in [0.29, 0.717) is 18.5 Å². The van der Waals surface area contributed by atoms with Gasteiger partial charge in [0.15, 0.2) is 0 Å². The van der Waals surface area contributed by atoms with Gasteiger partial charge in [0.2, 0.25) is 5.13 Å². The Balaban J connectivity index is 1.39. The highest BCUT2D eigenvalue weighted by molar-refractivity contribution is 9.10. The highest BCUT2D eigenvalue weighted by atomic mass is 79.9. The molecule has 8 heteroatoms. The molecule has 2 aromatic carbocycles. The van der Waals surface area contributed by atoms with Gasteiger partial charge in [0.05, 0.1) is 0 Å².